The van der Waals surface area contributed by atoms with Crippen LogP contribution in [0.2, 0.25) is 0 Å². The lowest BCUT2D eigenvalue weighted by molar-refractivity contribution is 0.322. The van der Waals surface area contributed by atoms with Crippen LogP contribution in [0.15, 0.2) is 17.4 Å². The molecule has 26 heavy (non-hydrogen) atoms. The number of aryl methyl sites for hydroxylation is 2. The first-order chi connectivity index (χ1) is 12.2. The zero-order valence-corrected chi connectivity index (χ0v) is 19.2. The lowest BCUT2D eigenvalue weighted by atomic mass is 9.85. The molecular weight excluding hydrogens is 437 g/mol. The highest BCUT2D eigenvalue weighted by atomic mass is 127. The van der Waals surface area contributed by atoms with Gasteiger partial charge < -0.3 is 15.2 Å². The summed E-state index contributed by atoms with van der Waals surface area (Å²) in [5.41, 5.74) is 0. The van der Waals surface area contributed by atoms with Gasteiger partial charge in [-0.15, -0.1) is 24.0 Å². The Bertz CT molecular complexity index is 508. The summed E-state index contributed by atoms with van der Waals surface area (Å²) in [6.45, 7) is 6.33. The number of aliphatic imine (C=N–C) groups is 1. The summed E-state index contributed by atoms with van der Waals surface area (Å²) in [6, 6.07) is 0.488. The molecule has 0 aliphatic heterocycles. The van der Waals surface area contributed by atoms with Gasteiger partial charge in [-0.05, 0) is 45.4 Å². The van der Waals surface area contributed by atoms with Crippen molar-refractivity contribution in [3.05, 3.63) is 18.2 Å². The number of unbranched alkanes of at least 4 members (excludes halogenated alkanes) is 1. The topological polar surface area (TPSA) is 54.2 Å². The van der Waals surface area contributed by atoms with Crippen LogP contribution < -0.4 is 10.6 Å². The SMILES string of the molecule is CN=C(NCCCCn1ccnc1C)NC(C)CCC1CCCCC1.I. The van der Waals surface area contributed by atoms with E-state index in [0.717, 1.165) is 43.6 Å². The third-order valence-corrected chi connectivity index (χ3v) is 5.38. The van der Waals surface area contributed by atoms with Crippen LogP contribution in [0.4, 0.5) is 0 Å². The van der Waals surface area contributed by atoms with Gasteiger partial charge in [0.25, 0.3) is 0 Å². The Labute approximate surface area is 176 Å². The summed E-state index contributed by atoms with van der Waals surface area (Å²) >= 11 is 0. The van der Waals surface area contributed by atoms with Gasteiger partial charge in [0.1, 0.15) is 5.82 Å². The molecule has 1 saturated carbocycles. The maximum absolute atomic E-state index is 4.36. The molecule has 1 fully saturated rings. The number of imidazole rings is 1. The highest BCUT2D eigenvalue weighted by Crippen LogP contribution is 2.27. The number of nitrogens with zero attached hydrogens (tertiary/aromatic N) is 3. The second-order valence-electron chi connectivity index (χ2n) is 7.50. The van der Waals surface area contributed by atoms with E-state index in [9.17, 15) is 0 Å². The molecule has 6 heteroatoms. The number of nitrogens with one attached hydrogen (secondary N) is 2. The van der Waals surface area contributed by atoms with Gasteiger partial charge in [-0.1, -0.05) is 32.1 Å². The smallest absolute Gasteiger partial charge is 0.191 e. The number of hydrogen-bond donors (Lipinski definition) is 2. The van der Waals surface area contributed by atoms with Gasteiger partial charge in [-0.3, -0.25) is 4.99 Å². The number of rotatable bonds is 9. The van der Waals surface area contributed by atoms with Crippen LogP contribution in [0.3, 0.4) is 0 Å². The summed E-state index contributed by atoms with van der Waals surface area (Å²) in [7, 11) is 1.86. The van der Waals surface area contributed by atoms with E-state index >= 15 is 0 Å². The maximum Gasteiger partial charge on any atom is 0.191 e. The van der Waals surface area contributed by atoms with Crippen molar-refractivity contribution in [3.8, 4) is 0 Å². The Balaban J connectivity index is 0.00000338. The second-order valence-corrected chi connectivity index (χ2v) is 7.50. The Morgan fingerprint density at radius 3 is 2.73 bits per heavy atom. The van der Waals surface area contributed by atoms with Crippen molar-refractivity contribution in [1.29, 1.82) is 0 Å². The molecule has 0 spiro atoms. The van der Waals surface area contributed by atoms with E-state index < -0.39 is 0 Å². The lowest BCUT2D eigenvalue weighted by Crippen LogP contribution is -2.42. The molecule has 0 bridgehead atoms. The van der Waals surface area contributed by atoms with E-state index in [1.807, 2.05) is 13.2 Å². The average Bonchev–Trinajstić information content (AvgIpc) is 3.04. The van der Waals surface area contributed by atoms with E-state index in [1.165, 1.54) is 44.9 Å². The summed E-state index contributed by atoms with van der Waals surface area (Å²) in [6.07, 6.45) is 16.0. The summed E-state index contributed by atoms with van der Waals surface area (Å²) < 4.78 is 2.21. The van der Waals surface area contributed by atoms with Crippen molar-refractivity contribution >= 4 is 29.9 Å². The lowest BCUT2D eigenvalue weighted by Gasteiger charge is -2.24. The largest absolute Gasteiger partial charge is 0.356 e. The molecule has 1 unspecified atom stereocenters. The first kappa shape index (κ1) is 23.2. The van der Waals surface area contributed by atoms with Crippen LogP contribution in [0, 0.1) is 12.8 Å². The fraction of sp³-hybridized carbons (Fsp3) is 0.800. The summed E-state index contributed by atoms with van der Waals surface area (Å²) in [5.74, 6) is 2.99. The van der Waals surface area contributed by atoms with Crippen LogP contribution >= 0.6 is 24.0 Å². The van der Waals surface area contributed by atoms with Crippen molar-refractivity contribution < 1.29 is 0 Å². The third kappa shape index (κ3) is 8.73. The van der Waals surface area contributed by atoms with Gasteiger partial charge in [-0.2, -0.15) is 0 Å². The molecule has 1 atom stereocenters. The molecule has 2 N–H and O–H groups in total. The molecule has 0 radical (unpaired) electrons. The molecule has 1 heterocycles. The summed E-state index contributed by atoms with van der Waals surface area (Å²) in [4.78, 5) is 8.62. The van der Waals surface area contributed by atoms with Gasteiger partial charge in [0.05, 0.1) is 0 Å². The molecule has 1 aromatic heterocycles. The Morgan fingerprint density at radius 2 is 2.08 bits per heavy atom. The van der Waals surface area contributed by atoms with Gasteiger partial charge in [-0.25, -0.2) is 4.98 Å². The number of halogens is 1. The molecule has 5 nitrogen and oxygen atoms in total. The predicted molar refractivity (Wildman–Crippen MR) is 121 cm³/mol. The minimum absolute atomic E-state index is 0. The van der Waals surface area contributed by atoms with Gasteiger partial charge in [0, 0.05) is 38.6 Å². The molecule has 0 amide bonds. The van der Waals surface area contributed by atoms with Gasteiger partial charge >= 0.3 is 0 Å². The Hall–Kier alpha value is -0.790. The van der Waals surface area contributed by atoms with E-state index in [0.29, 0.717) is 6.04 Å². The van der Waals surface area contributed by atoms with Crippen molar-refractivity contribution in [2.24, 2.45) is 10.9 Å². The monoisotopic (exact) mass is 475 g/mol. The molecule has 1 aromatic rings. The van der Waals surface area contributed by atoms with E-state index in [2.05, 4.69) is 45.2 Å². The van der Waals surface area contributed by atoms with Crippen molar-refractivity contribution in [3.63, 3.8) is 0 Å². The van der Waals surface area contributed by atoms with Gasteiger partial charge in [0.15, 0.2) is 5.96 Å². The molecule has 0 saturated heterocycles. The Kier molecular flexibility index (Phi) is 12.0. The molecule has 1 aliphatic rings. The third-order valence-electron chi connectivity index (χ3n) is 5.38. The molecule has 1 aliphatic carbocycles. The molecular formula is C20H38IN5. The van der Waals surface area contributed by atoms with E-state index in [-0.39, 0.29) is 24.0 Å². The van der Waals surface area contributed by atoms with Crippen molar-refractivity contribution in [1.82, 2.24) is 20.2 Å². The number of hydrogen-bond acceptors (Lipinski definition) is 2. The Morgan fingerprint density at radius 1 is 1.31 bits per heavy atom. The molecule has 0 aromatic carbocycles. The van der Waals surface area contributed by atoms with Crippen LogP contribution in [0.5, 0.6) is 0 Å². The van der Waals surface area contributed by atoms with Crippen LogP contribution in [-0.4, -0.2) is 35.1 Å². The number of guanidine groups is 1. The maximum atomic E-state index is 4.36. The van der Waals surface area contributed by atoms with Crippen LogP contribution in [0.25, 0.3) is 0 Å². The standard InChI is InChI=1S/C20H37N5.HI/c1-17(11-12-19-9-5-4-6-10-19)24-20(21-3)23-13-7-8-15-25-16-14-22-18(25)2;/h14,16-17,19H,4-13,15H2,1-3H3,(H2,21,23,24);1H. The minimum atomic E-state index is 0. The quantitative estimate of drug-likeness (QED) is 0.239. The fourth-order valence-corrected chi connectivity index (χ4v) is 3.72. The number of aromatic nitrogens is 2. The second kappa shape index (κ2) is 13.4. The first-order valence-corrected chi connectivity index (χ1v) is 10.1. The van der Waals surface area contributed by atoms with Crippen LogP contribution in [-0.2, 0) is 6.54 Å². The van der Waals surface area contributed by atoms with Crippen molar-refractivity contribution in [2.75, 3.05) is 13.6 Å². The predicted octanol–water partition coefficient (Wildman–Crippen LogP) is 4.50. The average molecular weight is 475 g/mol. The fourth-order valence-electron chi connectivity index (χ4n) is 3.72. The highest BCUT2D eigenvalue weighted by molar-refractivity contribution is 14.0. The van der Waals surface area contributed by atoms with Crippen molar-refractivity contribution in [2.45, 2.75) is 84.2 Å². The normalized spacial score (nSPS) is 16.8. The zero-order valence-electron chi connectivity index (χ0n) is 16.8. The molecule has 150 valence electrons. The highest BCUT2D eigenvalue weighted by Gasteiger charge is 2.14. The minimum Gasteiger partial charge on any atom is -0.356 e. The van der Waals surface area contributed by atoms with E-state index in [1.54, 1.807) is 0 Å². The first-order valence-electron chi connectivity index (χ1n) is 10.1. The van der Waals surface area contributed by atoms with Crippen LogP contribution in [0.1, 0.15) is 70.5 Å². The van der Waals surface area contributed by atoms with Gasteiger partial charge in [0.2, 0.25) is 0 Å². The van der Waals surface area contributed by atoms with E-state index in [4.69, 9.17) is 0 Å². The molecule has 2 rings (SSSR count). The summed E-state index contributed by atoms with van der Waals surface area (Å²) in [5, 5.41) is 6.99. The zero-order chi connectivity index (χ0) is 17.9.